The molecule has 0 saturated heterocycles. The lowest BCUT2D eigenvalue weighted by molar-refractivity contribution is 0.660. The molecule has 0 saturated carbocycles. The lowest BCUT2D eigenvalue weighted by Crippen LogP contribution is -2.16. The van der Waals surface area contributed by atoms with Crippen LogP contribution in [-0.4, -0.2) is 0 Å². The second-order valence-electron chi connectivity index (χ2n) is 15.4. The van der Waals surface area contributed by atoms with Crippen LogP contribution in [0.2, 0.25) is 0 Å². The van der Waals surface area contributed by atoms with Gasteiger partial charge in [-0.15, -0.1) is 0 Å². The monoisotopic (exact) mass is 734 g/mol. The first-order valence-corrected chi connectivity index (χ1v) is 20.2. The summed E-state index contributed by atoms with van der Waals surface area (Å²) in [5.41, 5.74) is 14.8. The summed E-state index contributed by atoms with van der Waals surface area (Å²) < 4.78 is 0. The van der Waals surface area contributed by atoms with Gasteiger partial charge in [-0.2, -0.15) is 0 Å². The van der Waals surface area contributed by atoms with E-state index in [4.69, 9.17) is 0 Å². The van der Waals surface area contributed by atoms with Crippen LogP contribution in [-0.2, 0) is 5.41 Å². The van der Waals surface area contributed by atoms with Gasteiger partial charge < -0.3 is 9.80 Å². The lowest BCUT2D eigenvalue weighted by Gasteiger charge is -2.29. The van der Waals surface area contributed by atoms with Crippen LogP contribution >= 0.6 is 11.8 Å². The van der Waals surface area contributed by atoms with E-state index >= 15 is 0 Å². The minimum atomic E-state index is -0.0801. The van der Waals surface area contributed by atoms with Crippen molar-refractivity contribution in [2.75, 3.05) is 9.80 Å². The van der Waals surface area contributed by atoms with E-state index in [2.05, 4.69) is 218 Å². The number of hydrogen-bond acceptors (Lipinski definition) is 3. The molecule has 1 aliphatic carbocycles. The van der Waals surface area contributed by atoms with Crippen LogP contribution in [0.1, 0.15) is 25.0 Å². The minimum Gasteiger partial charge on any atom is -0.310 e. The zero-order valence-corrected chi connectivity index (χ0v) is 32.1. The molecular weight excluding hydrogens is 697 g/mol. The Labute approximate surface area is 332 Å². The molecule has 0 bridgehead atoms. The molecule has 3 heteroatoms. The Bertz CT molecular complexity index is 2930. The van der Waals surface area contributed by atoms with Crippen LogP contribution in [0.4, 0.5) is 34.1 Å². The fourth-order valence-electron chi connectivity index (χ4n) is 9.13. The van der Waals surface area contributed by atoms with Crippen molar-refractivity contribution in [1.29, 1.82) is 0 Å². The van der Waals surface area contributed by atoms with E-state index in [1.165, 1.54) is 70.4 Å². The van der Waals surface area contributed by atoms with Crippen molar-refractivity contribution in [1.82, 2.24) is 0 Å². The Kier molecular flexibility index (Phi) is 7.49. The number of hydrogen-bond donors (Lipinski definition) is 0. The van der Waals surface area contributed by atoms with Gasteiger partial charge in [0.15, 0.2) is 0 Å². The van der Waals surface area contributed by atoms with E-state index in [9.17, 15) is 0 Å². The first-order valence-electron chi connectivity index (χ1n) is 19.3. The van der Waals surface area contributed by atoms with Crippen molar-refractivity contribution < 1.29 is 0 Å². The molecule has 0 N–H and O–H groups in total. The maximum absolute atomic E-state index is 2.42. The molecular formula is C53H38N2S. The molecule has 0 amide bonds. The summed E-state index contributed by atoms with van der Waals surface area (Å²) in [6.45, 7) is 4.71. The van der Waals surface area contributed by atoms with Gasteiger partial charge in [0.2, 0.25) is 0 Å². The van der Waals surface area contributed by atoms with Gasteiger partial charge in [0.05, 0.1) is 0 Å². The SMILES string of the molecule is CC1(C)c2ccccc2-c2ccc(N(c3ccccc3)c3ccc4c(c3)Sc3cccc5c3c-4cc3ccc(N(c4ccccc4)c4ccccc4)cc35)cc21. The van der Waals surface area contributed by atoms with Crippen molar-refractivity contribution in [3.63, 3.8) is 0 Å². The van der Waals surface area contributed by atoms with Crippen LogP contribution in [0.25, 0.3) is 43.8 Å². The summed E-state index contributed by atoms with van der Waals surface area (Å²) in [4.78, 5) is 7.33. The zero-order chi connectivity index (χ0) is 37.4. The largest absolute Gasteiger partial charge is 0.310 e. The average Bonchev–Trinajstić information content (AvgIpc) is 3.47. The van der Waals surface area contributed by atoms with E-state index in [-0.39, 0.29) is 5.41 Å². The fourth-order valence-corrected chi connectivity index (χ4v) is 10.3. The van der Waals surface area contributed by atoms with Gasteiger partial charge in [0.1, 0.15) is 0 Å². The first-order chi connectivity index (χ1) is 27.5. The molecule has 0 aromatic heterocycles. The Morgan fingerprint density at radius 1 is 0.357 bits per heavy atom. The molecule has 0 atom stereocenters. The highest BCUT2D eigenvalue weighted by molar-refractivity contribution is 7.99. The molecule has 0 spiro atoms. The van der Waals surface area contributed by atoms with E-state index in [0.29, 0.717) is 0 Å². The summed E-state index contributed by atoms with van der Waals surface area (Å²) in [6.07, 6.45) is 0. The average molecular weight is 735 g/mol. The lowest BCUT2D eigenvalue weighted by atomic mass is 9.82. The number of nitrogens with zero attached hydrogens (tertiary/aromatic N) is 2. The number of benzene rings is 9. The topological polar surface area (TPSA) is 6.48 Å². The maximum Gasteiger partial charge on any atom is 0.0473 e. The number of anilines is 6. The van der Waals surface area contributed by atoms with Crippen LogP contribution in [0, 0.1) is 0 Å². The molecule has 1 aliphatic heterocycles. The Morgan fingerprint density at radius 3 is 1.61 bits per heavy atom. The second-order valence-corrected chi connectivity index (χ2v) is 16.5. The van der Waals surface area contributed by atoms with Crippen LogP contribution in [0.3, 0.4) is 0 Å². The Morgan fingerprint density at radius 2 is 0.911 bits per heavy atom. The summed E-state index contributed by atoms with van der Waals surface area (Å²) in [5, 5.41) is 5.11. The Balaban J connectivity index is 1.04. The second kappa shape index (κ2) is 12.8. The molecule has 2 nitrogen and oxygen atoms in total. The highest BCUT2D eigenvalue weighted by Crippen LogP contribution is 2.54. The van der Waals surface area contributed by atoms with E-state index in [1.54, 1.807) is 0 Å². The number of para-hydroxylation sites is 3. The Hall–Kier alpha value is -6.55. The maximum atomic E-state index is 2.42. The van der Waals surface area contributed by atoms with Gasteiger partial charge in [0, 0.05) is 54.7 Å². The summed E-state index contributed by atoms with van der Waals surface area (Å²) in [6, 6.07) is 71.2. The van der Waals surface area contributed by atoms with Crippen LogP contribution < -0.4 is 9.80 Å². The molecule has 56 heavy (non-hydrogen) atoms. The van der Waals surface area contributed by atoms with Gasteiger partial charge in [-0.25, -0.2) is 0 Å². The molecule has 2 aliphatic rings. The molecule has 266 valence electrons. The van der Waals surface area contributed by atoms with Gasteiger partial charge in [-0.05, 0) is 134 Å². The number of rotatable bonds is 6. The molecule has 9 aromatic rings. The van der Waals surface area contributed by atoms with E-state index in [0.717, 1.165) is 28.4 Å². The minimum absolute atomic E-state index is 0.0801. The van der Waals surface area contributed by atoms with Crippen LogP contribution in [0.5, 0.6) is 0 Å². The molecule has 11 rings (SSSR count). The first kappa shape index (κ1) is 32.8. The third-order valence-corrected chi connectivity index (χ3v) is 12.9. The summed E-state index contributed by atoms with van der Waals surface area (Å²) in [5.74, 6) is 0. The summed E-state index contributed by atoms with van der Waals surface area (Å²) >= 11 is 1.88. The van der Waals surface area contributed by atoms with Crippen molar-refractivity contribution in [3.05, 3.63) is 205 Å². The molecule has 0 radical (unpaired) electrons. The van der Waals surface area contributed by atoms with E-state index in [1.807, 2.05) is 11.8 Å². The smallest absolute Gasteiger partial charge is 0.0473 e. The summed E-state index contributed by atoms with van der Waals surface area (Å²) in [7, 11) is 0. The van der Waals surface area contributed by atoms with Crippen molar-refractivity contribution in [3.8, 4) is 22.3 Å². The molecule has 9 aromatic carbocycles. The van der Waals surface area contributed by atoms with Crippen LogP contribution in [0.15, 0.2) is 204 Å². The van der Waals surface area contributed by atoms with Gasteiger partial charge in [-0.1, -0.05) is 135 Å². The fraction of sp³-hybridized carbons (Fsp3) is 0.0566. The third kappa shape index (κ3) is 5.12. The van der Waals surface area contributed by atoms with Crippen molar-refractivity contribution in [2.24, 2.45) is 0 Å². The van der Waals surface area contributed by atoms with E-state index < -0.39 is 0 Å². The van der Waals surface area contributed by atoms with Crippen molar-refractivity contribution >= 4 is 67.4 Å². The highest BCUT2D eigenvalue weighted by atomic mass is 32.2. The molecule has 0 unspecified atom stereocenters. The normalized spacial score (nSPS) is 13.2. The van der Waals surface area contributed by atoms with Gasteiger partial charge in [0.25, 0.3) is 0 Å². The predicted molar refractivity (Wildman–Crippen MR) is 238 cm³/mol. The quantitative estimate of drug-likeness (QED) is 0.157. The molecule has 0 fully saturated rings. The van der Waals surface area contributed by atoms with Gasteiger partial charge >= 0.3 is 0 Å². The van der Waals surface area contributed by atoms with Crippen molar-refractivity contribution in [2.45, 2.75) is 29.1 Å². The highest BCUT2D eigenvalue weighted by Gasteiger charge is 2.36. The standard InChI is InChI=1S/C53H38N2S/c1-53(2)48-23-13-12-21-42(48)43-29-27-40(33-49(43)53)55(38-19-10-5-11-20-38)41-28-30-44-47-31-35-25-26-39(54(36-15-6-3-7-16-36)37-17-8-4-9-18-37)32-46(35)45-22-14-24-50(52(45)47)56-51(44)34-41/h3-34H,1-2H3. The van der Waals surface area contributed by atoms with Gasteiger partial charge in [-0.3, -0.25) is 0 Å². The predicted octanol–water partition coefficient (Wildman–Crippen LogP) is 15.4. The molecule has 1 heterocycles. The third-order valence-electron chi connectivity index (χ3n) is 11.8. The zero-order valence-electron chi connectivity index (χ0n) is 31.3. The number of fused-ring (bicyclic) bond motifs is 7.